The summed E-state index contributed by atoms with van der Waals surface area (Å²) in [4.78, 5) is 2.43. The van der Waals surface area contributed by atoms with Gasteiger partial charge in [0.2, 0.25) is 0 Å². The largest absolute Gasteiger partial charge is 0.315 e. The molecule has 0 aromatic rings. The Morgan fingerprint density at radius 1 is 1.27 bits per heavy atom. The summed E-state index contributed by atoms with van der Waals surface area (Å²) in [7, 11) is 4.46. The summed E-state index contributed by atoms with van der Waals surface area (Å²) in [6.07, 6.45) is 9.03. The lowest BCUT2D eigenvalue weighted by Gasteiger charge is -2.36. The summed E-state index contributed by atoms with van der Waals surface area (Å²) >= 11 is 1.94. The summed E-state index contributed by atoms with van der Waals surface area (Å²) in [6, 6.07) is 0. The van der Waals surface area contributed by atoms with Gasteiger partial charge in [0.15, 0.2) is 0 Å². The van der Waals surface area contributed by atoms with Crippen LogP contribution in [0, 0.1) is 0 Å². The molecular weight excluding hydrogens is 204 g/mol. The van der Waals surface area contributed by atoms with Gasteiger partial charge in [0.1, 0.15) is 0 Å². The number of nitrogens with zero attached hydrogens (tertiary/aromatic N) is 1. The molecule has 1 aliphatic rings. The van der Waals surface area contributed by atoms with E-state index in [9.17, 15) is 0 Å². The van der Waals surface area contributed by atoms with Crippen molar-refractivity contribution in [1.82, 2.24) is 10.2 Å². The average Bonchev–Trinajstić information content (AvgIpc) is 2.67. The van der Waals surface area contributed by atoms with E-state index in [2.05, 4.69) is 30.6 Å². The van der Waals surface area contributed by atoms with Gasteiger partial charge in [0.25, 0.3) is 0 Å². The van der Waals surface area contributed by atoms with Crippen molar-refractivity contribution in [2.24, 2.45) is 0 Å². The molecule has 1 N–H and O–H groups in total. The Morgan fingerprint density at radius 2 is 1.93 bits per heavy atom. The fraction of sp³-hybridized carbons (Fsp3) is 1.00. The van der Waals surface area contributed by atoms with Gasteiger partial charge in [-0.15, -0.1) is 0 Å². The zero-order valence-corrected chi connectivity index (χ0v) is 11.3. The van der Waals surface area contributed by atoms with Crippen molar-refractivity contribution in [2.45, 2.75) is 37.6 Å². The van der Waals surface area contributed by atoms with Gasteiger partial charge in [-0.05, 0) is 51.9 Å². The van der Waals surface area contributed by atoms with E-state index in [-0.39, 0.29) is 0 Å². The Bertz CT molecular complexity index is 165. The summed E-state index contributed by atoms with van der Waals surface area (Å²) in [5.74, 6) is 1.28. The lowest BCUT2D eigenvalue weighted by atomic mass is 9.96. The highest BCUT2D eigenvalue weighted by molar-refractivity contribution is 7.98. The first-order chi connectivity index (χ1) is 7.21. The molecule has 3 heteroatoms. The SMILES string of the molecule is CSCCCNCC1(N(C)C)CCCC1. The molecule has 0 amide bonds. The molecule has 0 unspecified atom stereocenters. The zero-order valence-electron chi connectivity index (χ0n) is 10.5. The minimum atomic E-state index is 0.458. The molecule has 90 valence electrons. The Balaban J connectivity index is 2.21. The van der Waals surface area contributed by atoms with E-state index in [1.165, 1.54) is 50.9 Å². The average molecular weight is 230 g/mol. The van der Waals surface area contributed by atoms with Crippen LogP contribution >= 0.6 is 11.8 Å². The molecule has 15 heavy (non-hydrogen) atoms. The number of rotatable bonds is 7. The van der Waals surface area contributed by atoms with Crippen molar-refractivity contribution in [3.8, 4) is 0 Å². The minimum Gasteiger partial charge on any atom is -0.315 e. The highest BCUT2D eigenvalue weighted by Crippen LogP contribution is 2.32. The van der Waals surface area contributed by atoms with Crippen LogP contribution in [-0.4, -0.2) is 49.6 Å². The number of nitrogens with one attached hydrogen (secondary N) is 1. The van der Waals surface area contributed by atoms with Crippen LogP contribution in [0.4, 0.5) is 0 Å². The van der Waals surface area contributed by atoms with Gasteiger partial charge in [-0.3, -0.25) is 0 Å². The third-order valence-corrected chi connectivity index (χ3v) is 4.34. The molecule has 2 nitrogen and oxygen atoms in total. The van der Waals surface area contributed by atoms with Crippen molar-refractivity contribution in [3.63, 3.8) is 0 Å². The molecule has 1 saturated carbocycles. The fourth-order valence-electron chi connectivity index (χ4n) is 2.48. The Labute approximate surface area is 99.2 Å². The quantitative estimate of drug-likeness (QED) is 0.675. The van der Waals surface area contributed by atoms with Gasteiger partial charge < -0.3 is 10.2 Å². The molecule has 0 saturated heterocycles. The van der Waals surface area contributed by atoms with Crippen LogP contribution in [-0.2, 0) is 0 Å². The normalized spacial score (nSPS) is 20.0. The van der Waals surface area contributed by atoms with Crippen LogP contribution < -0.4 is 5.32 Å². The summed E-state index contributed by atoms with van der Waals surface area (Å²) in [5, 5.41) is 3.63. The Morgan fingerprint density at radius 3 is 2.47 bits per heavy atom. The lowest BCUT2D eigenvalue weighted by Crippen LogP contribution is -2.49. The van der Waals surface area contributed by atoms with E-state index in [1.54, 1.807) is 0 Å². The highest BCUT2D eigenvalue weighted by Gasteiger charge is 2.35. The topological polar surface area (TPSA) is 15.3 Å². The van der Waals surface area contributed by atoms with Crippen LogP contribution in [0.5, 0.6) is 0 Å². The predicted octanol–water partition coefficient (Wildman–Crippen LogP) is 2.20. The molecule has 0 atom stereocenters. The number of likely N-dealkylation sites (N-methyl/N-ethyl adjacent to an activating group) is 1. The van der Waals surface area contributed by atoms with Gasteiger partial charge in [-0.25, -0.2) is 0 Å². The van der Waals surface area contributed by atoms with E-state index in [0.29, 0.717) is 5.54 Å². The summed E-state index contributed by atoms with van der Waals surface area (Å²) in [6.45, 7) is 2.35. The molecule has 0 bridgehead atoms. The maximum atomic E-state index is 3.63. The van der Waals surface area contributed by atoms with Crippen LogP contribution in [0.15, 0.2) is 0 Å². The van der Waals surface area contributed by atoms with Crippen molar-refractivity contribution in [3.05, 3.63) is 0 Å². The molecule has 0 aliphatic heterocycles. The first-order valence-electron chi connectivity index (χ1n) is 6.08. The molecule has 1 aliphatic carbocycles. The predicted molar refractivity (Wildman–Crippen MR) is 70.8 cm³/mol. The molecular formula is C12H26N2S. The highest BCUT2D eigenvalue weighted by atomic mass is 32.2. The molecule has 0 aromatic carbocycles. The van der Waals surface area contributed by atoms with Crippen molar-refractivity contribution in [1.29, 1.82) is 0 Å². The molecule has 1 rings (SSSR count). The van der Waals surface area contributed by atoms with Crippen molar-refractivity contribution >= 4 is 11.8 Å². The second-order valence-electron chi connectivity index (χ2n) is 4.85. The summed E-state index contributed by atoms with van der Waals surface area (Å²) < 4.78 is 0. The van der Waals surface area contributed by atoms with E-state index in [1.807, 2.05) is 11.8 Å². The van der Waals surface area contributed by atoms with Crippen LogP contribution in [0.3, 0.4) is 0 Å². The smallest absolute Gasteiger partial charge is 0.0327 e. The second-order valence-corrected chi connectivity index (χ2v) is 5.83. The first kappa shape index (κ1) is 13.3. The standard InChI is InChI=1S/C12H26N2S/c1-14(2)12(7-4-5-8-12)11-13-9-6-10-15-3/h13H,4-11H2,1-3H3. The molecule has 0 heterocycles. The van der Waals surface area contributed by atoms with E-state index in [4.69, 9.17) is 0 Å². The van der Waals surface area contributed by atoms with Gasteiger partial charge in [-0.1, -0.05) is 12.8 Å². The van der Waals surface area contributed by atoms with Crippen LogP contribution in [0.2, 0.25) is 0 Å². The van der Waals surface area contributed by atoms with Crippen LogP contribution in [0.1, 0.15) is 32.1 Å². The third kappa shape index (κ3) is 3.97. The van der Waals surface area contributed by atoms with Gasteiger partial charge in [0, 0.05) is 12.1 Å². The fourth-order valence-corrected chi connectivity index (χ4v) is 2.91. The third-order valence-electron chi connectivity index (χ3n) is 3.64. The lowest BCUT2D eigenvalue weighted by molar-refractivity contribution is 0.154. The maximum absolute atomic E-state index is 3.63. The monoisotopic (exact) mass is 230 g/mol. The molecule has 0 spiro atoms. The second kappa shape index (κ2) is 6.77. The number of hydrogen-bond donors (Lipinski definition) is 1. The molecule has 0 radical (unpaired) electrons. The summed E-state index contributed by atoms with van der Waals surface area (Å²) in [5.41, 5.74) is 0.458. The van der Waals surface area contributed by atoms with Crippen molar-refractivity contribution < 1.29 is 0 Å². The molecule has 0 aromatic heterocycles. The number of thioether (sulfide) groups is 1. The van der Waals surface area contributed by atoms with E-state index in [0.717, 1.165) is 0 Å². The number of hydrogen-bond acceptors (Lipinski definition) is 3. The Kier molecular flexibility index (Phi) is 6.02. The van der Waals surface area contributed by atoms with Gasteiger partial charge in [-0.2, -0.15) is 11.8 Å². The van der Waals surface area contributed by atoms with Gasteiger partial charge >= 0.3 is 0 Å². The van der Waals surface area contributed by atoms with Gasteiger partial charge in [0.05, 0.1) is 0 Å². The Hall–Kier alpha value is 0.270. The zero-order chi connectivity index (χ0) is 11.1. The first-order valence-corrected chi connectivity index (χ1v) is 7.48. The van der Waals surface area contributed by atoms with Crippen molar-refractivity contribution in [2.75, 3.05) is 39.2 Å². The maximum Gasteiger partial charge on any atom is 0.0327 e. The van der Waals surface area contributed by atoms with E-state index >= 15 is 0 Å². The van der Waals surface area contributed by atoms with Crippen LogP contribution in [0.25, 0.3) is 0 Å². The van der Waals surface area contributed by atoms with E-state index < -0.39 is 0 Å². The molecule has 1 fully saturated rings. The minimum absolute atomic E-state index is 0.458.